The molecule has 25 heavy (non-hydrogen) atoms. The van der Waals surface area contributed by atoms with Gasteiger partial charge in [0.1, 0.15) is 0 Å². The third-order valence-corrected chi connectivity index (χ3v) is 4.31. The highest BCUT2D eigenvalue weighted by atomic mass is 16.2. The number of hydrogen-bond donors (Lipinski definition) is 1. The number of H-pyrrole nitrogens is 1. The van der Waals surface area contributed by atoms with Gasteiger partial charge < -0.3 is 4.90 Å². The first-order valence-electron chi connectivity index (χ1n) is 8.08. The van der Waals surface area contributed by atoms with E-state index in [9.17, 15) is 9.59 Å². The Morgan fingerprint density at radius 3 is 2.88 bits per heavy atom. The second kappa shape index (κ2) is 5.70. The lowest BCUT2D eigenvalue weighted by Gasteiger charge is -2.21. The van der Waals surface area contributed by atoms with Crippen LogP contribution in [0.1, 0.15) is 28.7 Å². The molecule has 1 N–H and O–H groups in total. The Morgan fingerprint density at radius 1 is 1.28 bits per heavy atom. The molecular weight excluding hydrogens is 318 g/mol. The van der Waals surface area contributed by atoms with Crippen LogP contribution >= 0.6 is 0 Å². The molecule has 1 aliphatic rings. The number of fused-ring (bicyclic) bond motifs is 1. The number of carbonyl (C=O) groups is 1. The van der Waals surface area contributed by atoms with Crippen LogP contribution in [-0.4, -0.2) is 31.7 Å². The molecule has 0 aliphatic carbocycles. The average molecular weight is 335 g/mol. The molecule has 3 aromatic rings. The molecular formula is C18H17N5O2. The summed E-state index contributed by atoms with van der Waals surface area (Å²) in [6.45, 7) is 3.76. The van der Waals surface area contributed by atoms with Gasteiger partial charge in [-0.3, -0.25) is 14.6 Å². The first kappa shape index (κ1) is 15.3. The summed E-state index contributed by atoms with van der Waals surface area (Å²) in [6, 6.07) is 11.0. The van der Waals surface area contributed by atoms with Gasteiger partial charge in [0.25, 0.3) is 11.5 Å². The number of rotatable bonds is 2. The highest BCUT2D eigenvalue weighted by Crippen LogP contribution is 2.32. The summed E-state index contributed by atoms with van der Waals surface area (Å²) >= 11 is 0. The van der Waals surface area contributed by atoms with Crippen LogP contribution < -0.4 is 10.5 Å². The minimum absolute atomic E-state index is 0.0759. The van der Waals surface area contributed by atoms with Crippen molar-refractivity contribution in [1.29, 1.82) is 0 Å². The van der Waals surface area contributed by atoms with Crippen LogP contribution in [0.25, 0.3) is 5.95 Å². The van der Waals surface area contributed by atoms with Crippen LogP contribution in [0.2, 0.25) is 0 Å². The van der Waals surface area contributed by atoms with Gasteiger partial charge >= 0.3 is 0 Å². The largest absolute Gasteiger partial charge is 0.304 e. The lowest BCUT2D eigenvalue weighted by molar-refractivity contribution is 0.0976. The van der Waals surface area contributed by atoms with Gasteiger partial charge in [0.05, 0.1) is 0 Å². The zero-order valence-corrected chi connectivity index (χ0v) is 13.9. The zero-order chi connectivity index (χ0) is 17.6. The second-order valence-electron chi connectivity index (χ2n) is 6.21. The summed E-state index contributed by atoms with van der Waals surface area (Å²) in [6.07, 6.45) is 2.45. The van der Waals surface area contributed by atoms with E-state index in [0.29, 0.717) is 17.3 Å². The third-order valence-electron chi connectivity index (χ3n) is 4.31. The molecule has 1 amide bonds. The molecule has 0 saturated carbocycles. The molecule has 0 spiro atoms. The van der Waals surface area contributed by atoms with Gasteiger partial charge in [-0.15, -0.1) is 0 Å². The standard InChI is InChI=1S/C18H17N5O2/c1-11-9-16(24)20-18(19-11)22-8-7-14(21-22)17(25)23-12(2)10-13-5-3-4-6-15(13)23/h3-9,12H,10H2,1-2H3,(H,19,20,24). The first-order valence-corrected chi connectivity index (χ1v) is 8.08. The Kier molecular flexibility index (Phi) is 3.49. The van der Waals surface area contributed by atoms with Crippen LogP contribution in [0.5, 0.6) is 0 Å². The molecule has 7 heteroatoms. The van der Waals surface area contributed by atoms with Gasteiger partial charge in [0.2, 0.25) is 5.95 Å². The fraction of sp³-hybridized carbons (Fsp3) is 0.222. The van der Waals surface area contributed by atoms with Crippen molar-refractivity contribution in [2.24, 2.45) is 0 Å². The van der Waals surface area contributed by atoms with Crippen molar-refractivity contribution in [1.82, 2.24) is 19.7 Å². The summed E-state index contributed by atoms with van der Waals surface area (Å²) < 4.78 is 1.41. The van der Waals surface area contributed by atoms with E-state index in [2.05, 4.69) is 15.1 Å². The maximum Gasteiger partial charge on any atom is 0.279 e. The van der Waals surface area contributed by atoms with E-state index in [0.717, 1.165) is 17.7 Å². The molecule has 0 radical (unpaired) electrons. The van der Waals surface area contributed by atoms with Crippen molar-refractivity contribution in [2.75, 3.05) is 4.90 Å². The van der Waals surface area contributed by atoms with Gasteiger partial charge in [0, 0.05) is 29.7 Å². The quantitative estimate of drug-likeness (QED) is 0.775. The first-order chi connectivity index (χ1) is 12.0. The SMILES string of the molecule is Cc1cc(=O)[nH]c(-n2ccc(C(=O)N3c4ccccc4CC3C)n2)n1. The molecule has 4 rings (SSSR count). The van der Waals surface area contributed by atoms with E-state index in [-0.39, 0.29) is 17.5 Å². The van der Waals surface area contributed by atoms with Crippen LogP contribution in [-0.2, 0) is 6.42 Å². The summed E-state index contributed by atoms with van der Waals surface area (Å²) in [5.74, 6) is 0.130. The normalized spacial score (nSPS) is 16.1. The number of hydrogen-bond acceptors (Lipinski definition) is 4. The maximum atomic E-state index is 13.0. The van der Waals surface area contributed by atoms with Gasteiger partial charge in [-0.1, -0.05) is 18.2 Å². The fourth-order valence-electron chi connectivity index (χ4n) is 3.23. The van der Waals surface area contributed by atoms with Crippen molar-refractivity contribution in [3.63, 3.8) is 0 Å². The lowest BCUT2D eigenvalue weighted by atomic mass is 10.1. The van der Waals surface area contributed by atoms with E-state index in [1.165, 1.54) is 10.7 Å². The Hall–Kier alpha value is -3.22. The molecule has 0 fully saturated rings. The molecule has 2 aromatic heterocycles. The predicted molar refractivity (Wildman–Crippen MR) is 93.1 cm³/mol. The van der Waals surface area contributed by atoms with Crippen LogP contribution in [0.15, 0.2) is 47.4 Å². The fourth-order valence-corrected chi connectivity index (χ4v) is 3.23. The molecule has 0 saturated heterocycles. The minimum Gasteiger partial charge on any atom is -0.304 e. The Balaban J connectivity index is 1.68. The smallest absolute Gasteiger partial charge is 0.279 e. The lowest BCUT2D eigenvalue weighted by Crippen LogP contribution is -2.36. The molecule has 1 atom stereocenters. The number of nitrogens with one attached hydrogen (secondary N) is 1. The molecule has 126 valence electrons. The monoisotopic (exact) mass is 335 g/mol. The Bertz CT molecular complexity index is 1020. The Labute approximate surface area is 143 Å². The summed E-state index contributed by atoms with van der Waals surface area (Å²) in [7, 11) is 0. The highest BCUT2D eigenvalue weighted by Gasteiger charge is 2.32. The Morgan fingerprint density at radius 2 is 2.08 bits per heavy atom. The number of nitrogens with zero attached hydrogens (tertiary/aromatic N) is 4. The predicted octanol–water partition coefficient (Wildman–Crippen LogP) is 1.86. The van der Waals surface area contributed by atoms with Gasteiger partial charge in [0.15, 0.2) is 5.69 Å². The number of aromatic nitrogens is 4. The number of amides is 1. The van der Waals surface area contributed by atoms with Gasteiger partial charge in [-0.05, 0) is 38.0 Å². The van der Waals surface area contributed by atoms with E-state index >= 15 is 0 Å². The van der Waals surface area contributed by atoms with Gasteiger partial charge in [-0.25, -0.2) is 9.67 Å². The topological polar surface area (TPSA) is 83.9 Å². The molecule has 7 nitrogen and oxygen atoms in total. The molecule has 0 bridgehead atoms. The molecule has 1 aromatic carbocycles. The summed E-state index contributed by atoms with van der Waals surface area (Å²) in [4.78, 5) is 33.2. The number of anilines is 1. The number of aryl methyl sites for hydroxylation is 1. The van der Waals surface area contributed by atoms with E-state index < -0.39 is 0 Å². The zero-order valence-electron chi connectivity index (χ0n) is 13.9. The van der Waals surface area contributed by atoms with Crippen molar-refractivity contribution < 1.29 is 4.79 Å². The summed E-state index contributed by atoms with van der Waals surface area (Å²) in [5, 5.41) is 4.31. The highest BCUT2D eigenvalue weighted by molar-refractivity contribution is 6.06. The van der Waals surface area contributed by atoms with Crippen molar-refractivity contribution in [3.8, 4) is 5.95 Å². The maximum absolute atomic E-state index is 13.0. The molecule has 1 unspecified atom stereocenters. The van der Waals surface area contributed by atoms with Crippen LogP contribution in [0, 0.1) is 6.92 Å². The van der Waals surface area contributed by atoms with Gasteiger partial charge in [-0.2, -0.15) is 5.10 Å². The number of aromatic amines is 1. The number of para-hydroxylation sites is 1. The van der Waals surface area contributed by atoms with E-state index in [1.807, 2.05) is 31.2 Å². The van der Waals surface area contributed by atoms with E-state index in [1.54, 1.807) is 24.1 Å². The van der Waals surface area contributed by atoms with Crippen LogP contribution in [0.3, 0.4) is 0 Å². The second-order valence-corrected chi connectivity index (χ2v) is 6.21. The van der Waals surface area contributed by atoms with Crippen molar-refractivity contribution in [2.45, 2.75) is 26.3 Å². The molecule has 3 heterocycles. The van der Waals surface area contributed by atoms with Crippen molar-refractivity contribution in [3.05, 3.63) is 69.9 Å². The third kappa shape index (κ3) is 2.63. The average Bonchev–Trinajstić information content (AvgIpc) is 3.17. The summed E-state index contributed by atoms with van der Waals surface area (Å²) in [5.41, 5.74) is 2.73. The van der Waals surface area contributed by atoms with Crippen LogP contribution in [0.4, 0.5) is 5.69 Å². The number of benzene rings is 1. The molecule has 1 aliphatic heterocycles. The number of carbonyl (C=O) groups excluding carboxylic acids is 1. The minimum atomic E-state index is -0.257. The van der Waals surface area contributed by atoms with E-state index in [4.69, 9.17) is 0 Å². The van der Waals surface area contributed by atoms with Crippen molar-refractivity contribution >= 4 is 11.6 Å².